The summed E-state index contributed by atoms with van der Waals surface area (Å²) in [5, 5.41) is 3.81. The Labute approximate surface area is 154 Å². The van der Waals surface area contributed by atoms with E-state index in [1.807, 2.05) is 48.5 Å². The number of anilines is 1. The molecule has 1 aliphatic rings. The van der Waals surface area contributed by atoms with Gasteiger partial charge in [0.1, 0.15) is 5.75 Å². The zero-order valence-corrected chi connectivity index (χ0v) is 15.3. The number of para-hydroxylation sites is 2. The summed E-state index contributed by atoms with van der Waals surface area (Å²) >= 11 is 6.03. The third-order valence-corrected chi connectivity index (χ3v) is 5.14. The molecular formula is C21H24ClNO2. The fourth-order valence-electron chi connectivity index (χ4n) is 3.54. The zero-order chi connectivity index (χ0) is 17.7. The van der Waals surface area contributed by atoms with E-state index < -0.39 is 5.41 Å². The normalized spacial score (nSPS) is 15.8. The molecule has 0 saturated heterocycles. The molecule has 132 valence electrons. The molecule has 1 N–H and O–H groups in total. The number of nitrogens with one attached hydrogen (secondary N) is 1. The first-order valence-electron chi connectivity index (χ1n) is 8.95. The first-order valence-corrected chi connectivity index (χ1v) is 9.33. The summed E-state index contributed by atoms with van der Waals surface area (Å²) in [6.07, 6.45) is 4.77. The molecule has 0 spiro atoms. The zero-order valence-electron chi connectivity index (χ0n) is 14.6. The van der Waals surface area contributed by atoms with Crippen molar-refractivity contribution in [3.05, 3.63) is 59.1 Å². The molecule has 0 unspecified atom stereocenters. The lowest BCUT2D eigenvalue weighted by atomic mass is 9.78. The van der Waals surface area contributed by atoms with Crippen LogP contribution >= 0.6 is 11.6 Å². The molecular weight excluding hydrogens is 334 g/mol. The van der Waals surface area contributed by atoms with Crippen LogP contribution < -0.4 is 10.1 Å². The molecule has 1 aliphatic carbocycles. The van der Waals surface area contributed by atoms with Gasteiger partial charge in [0.2, 0.25) is 5.91 Å². The van der Waals surface area contributed by atoms with Gasteiger partial charge in [-0.15, -0.1) is 0 Å². The molecule has 0 bridgehead atoms. The lowest BCUT2D eigenvalue weighted by Crippen LogP contribution is -2.38. The number of carbonyl (C=O) groups excluding carboxylic acids is 1. The molecule has 0 aliphatic heterocycles. The highest BCUT2D eigenvalue weighted by Crippen LogP contribution is 2.42. The van der Waals surface area contributed by atoms with Crippen molar-refractivity contribution < 1.29 is 9.53 Å². The van der Waals surface area contributed by atoms with Crippen LogP contribution in [-0.2, 0) is 10.2 Å². The van der Waals surface area contributed by atoms with Crippen molar-refractivity contribution >= 4 is 23.2 Å². The minimum Gasteiger partial charge on any atom is -0.491 e. The number of benzene rings is 2. The predicted molar refractivity (Wildman–Crippen MR) is 102 cm³/mol. The largest absolute Gasteiger partial charge is 0.491 e. The molecule has 2 aromatic rings. The van der Waals surface area contributed by atoms with Gasteiger partial charge in [-0.25, -0.2) is 0 Å². The van der Waals surface area contributed by atoms with E-state index in [0.29, 0.717) is 11.6 Å². The van der Waals surface area contributed by atoms with E-state index in [0.717, 1.165) is 49.1 Å². The molecule has 1 fully saturated rings. The predicted octanol–water partition coefficient (Wildman–Crippen LogP) is 5.58. The maximum atomic E-state index is 13.2. The first kappa shape index (κ1) is 17.8. The number of hydrogen-bond acceptors (Lipinski definition) is 2. The molecule has 1 saturated carbocycles. The Kier molecular flexibility index (Phi) is 5.64. The van der Waals surface area contributed by atoms with E-state index in [-0.39, 0.29) is 5.91 Å². The van der Waals surface area contributed by atoms with Crippen LogP contribution in [0, 0.1) is 0 Å². The van der Waals surface area contributed by atoms with E-state index in [9.17, 15) is 4.79 Å². The van der Waals surface area contributed by atoms with Crippen LogP contribution in [0.25, 0.3) is 0 Å². The van der Waals surface area contributed by atoms with E-state index in [4.69, 9.17) is 16.3 Å². The summed E-state index contributed by atoms with van der Waals surface area (Å²) in [6, 6.07) is 15.3. The van der Waals surface area contributed by atoms with Crippen LogP contribution in [0.5, 0.6) is 5.75 Å². The van der Waals surface area contributed by atoms with Crippen molar-refractivity contribution in [1.82, 2.24) is 0 Å². The fourth-order valence-corrected chi connectivity index (χ4v) is 3.67. The highest BCUT2D eigenvalue weighted by atomic mass is 35.5. The maximum Gasteiger partial charge on any atom is 0.235 e. The Morgan fingerprint density at radius 1 is 1.12 bits per heavy atom. The molecule has 2 aromatic carbocycles. The SMILES string of the molecule is CCCOc1ccccc1NC(=O)C1(c2ccc(Cl)cc2)CCCC1. The first-order chi connectivity index (χ1) is 12.2. The molecule has 1 amide bonds. The van der Waals surface area contributed by atoms with Gasteiger partial charge in [-0.2, -0.15) is 0 Å². The second-order valence-corrected chi connectivity index (χ2v) is 7.03. The lowest BCUT2D eigenvalue weighted by molar-refractivity contribution is -0.121. The van der Waals surface area contributed by atoms with Crippen molar-refractivity contribution in [3.8, 4) is 5.75 Å². The van der Waals surface area contributed by atoms with E-state index in [1.54, 1.807) is 0 Å². The number of rotatable bonds is 6. The van der Waals surface area contributed by atoms with Crippen LogP contribution in [0.2, 0.25) is 5.02 Å². The van der Waals surface area contributed by atoms with Gasteiger partial charge < -0.3 is 10.1 Å². The topological polar surface area (TPSA) is 38.3 Å². The van der Waals surface area contributed by atoms with Crippen molar-refractivity contribution in [2.24, 2.45) is 0 Å². The van der Waals surface area contributed by atoms with E-state index in [1.165, 1.54) is 0 Å². The second-order valence-electron chi connectivity index (χ2n) is 6.59. The lowest BCUT2D eigenvalue weighted by Gasteiger charge is -2.29. The number of hydrogen-bond donors (Lipinski definition) is 1. The van der Waals surface area contributed by atoms with Gasteiger partial charge in [-0.3, -0.25) is 4.79 Å². The summed E-state index contributed by atoms with van der Waals surface area (Å²) in [5.74, 6) is 0.766. The van der Waals surface area contributed by atoms with Gasteiger partial charge in [0, 0.05) is 5.02 Å². The van der Waals surface area contributed by atoms with Crippen molar-refractivity contribution in [3.63, 3.8) is 0 Å². The van der Waals surface area contributed by atoms with Gasteiger partial charge in [0.15, 0.2) is 0 Å². The molecule has 25 heavy (non-hydrogen) atoms. The molecule has 4 heteroatoms. The van der Waals surface area contributed by atoms with Crippen LogP contribution in [0.4, 0.5) is 5.69 Å². The Morgan fingerprint density at radius 3 is 2.48 bits per heavy atom. The standard InChI is InChI=1S/C21H24ClNO2/c1-2-15-25-19-8-4-3-7-18(19)23-20(24)21(13-5-6-14-21)16-9-11-17(22)12-10-16/h3-4,7-12H,2,5-6,13-15H2,1H3,(H,23,24). The number of halogens is 1. The van der Waals surface area contributed by atoms with Gasteiger partial charge >= 0.3 is 0 Å². The Bertz CT molecular complexity index is 721. The highest BCUT2D eigenvalue weighted by Gasteiger charge is 2.42. The number of amides is 1. The monoisotopic (exact) mass is 357 g/mol. The Hall–Kier alpha value is -2.00. The summed E-state index contributed by atoms with van der Waals surface area (Å²) in [5.41, 5.74) is 1.29. The van der Waals surface area contributed by atoms with Gasteiger partial charge in [0.05, 0.1) is 17.7 Å². The Morgan fingerprint density at radius 2 is 1.80 bits per heavy atom. The van der Waals surface area contributed by atoms with Crippen LogP contribution in [0.3, 0.4) is 0 Å². The smallest absolute Gasteiger partial charge is 0.235 e. The number of carbonyl (C=O) groups is 1. The second kappa shape index (κ2) is 7.92. The van der Waals surface area contributed by atoms with E-state index >= 15 is 0 Å². The molecule has 0 heterocycles. The Balaban J connectivity index is 1.86. The molecule has 3 nitrogen and oxygen atoms in total. The maximum absolute atomic E-state index is 13.2. The van der Waals surface area contributed by atoms with Crippen molar-refractivity contribution in [2.45, 2.75) is 44.4 Å². The van der Waals surface area contributed by atoms with Crippen molar-refractivity contribution in [1.29, 1.82) is 0 Å². The molecule has 0 atom stereocenters. The fraction of sp³-hybridized carbons (Fsp3) is 0.381. The highest BCUT2D eigenvalue weighted by molar-refractivity contribution is 6.30. The summed E-state index contributed by atoms with van der Waals surface area (Å²) in [7, 11) is 0. The molecule has 3 rings (SSSR count). The average Bonchev–Trinajstić information content (AvgIpc) is 3.13. The van der Waals surface area contributed by atoms with Crippen LogP contribution in [-0.4, -0.2) is 12.5 Å². The quantitative estimate of drug-likeness (QED) is 0.732. The van der Waals surface area contributed by atoms with Gasteiger partial charge in [0.25, 0.3) is 0 Å². The van der Waals surface area contributed by atoms with Crippen LogP contribution in [0.15, 0.2) is 48.5 Å². The van der Waals surface area contributed by atoms with Gasteiger partial charge in [-0.05, 0) is 49.1 Å². The third kappa shape index (κ3) is 3.82. The summed E-state index contributed by atoms with van der Waals surface area (Å²) in [4.78, 5) is 13.2. The van der Waals surface area contributed by atoms with Crippen molar-refractivity contribution in [2.75, 3.05) is 11.9 Å². The van der Waals surface area contributed by atoms with Crippen LogP contribution in [0.1, 0.15) is 44.6 Å². The van der Waals surface area contributed by atoms with E-state index in [2.05, 4.69) is 12.2 Å². The summed E-state index contributed by atoms with van der Waals surface area (Å²) in [6.45, 7) is 2.70. The van der Waals surface area contributed by atoms with Gasteiger partial charge in [-0.1, -0.05) is 55.6 Å². The summed E-state index contributed by atoms with van der Waals surface area (Å²) < 4.78 is 5.77. The minimum atomic E-state index is -0.484. The molecule has 0 radical (unpaired) electrons. The molecule has 0 aromatic heterocycles. The third-order valence-electron chi connectivity index (χ3n) is 4.89. The minimum absolute atomic E-state index is 0.0415. The average molecular weight is 358 g/mol. The number of ether oxygens (including phenoxy) is 1.